The third kappa shape index (κ3) is 3.33. The van der Waals surface area contributed by atoms with Gasteiger partial charge in [0.2, 0.25) is 0 Å². The van der Waals surface area contributed by atoms with E-state index in [1.54, 1.807) is 7.11 Å². The maximum Gasteiger partial charge on any atom is 0.309 e. The molecule has 1 aliphatic carbocycles. The van der Waals surface area contributed by atoms with Crippen molar-refractivity contribution in [1.29, 1.82) is 0 Å². The lowest BCUT2D eigenvalue weighted by atomic mass is 10.2. The number of rotatable bonds is 5. The number of hydrogen-bond acceptors (Lipinski definition) is 5. The molecule has 2 atom stereocenters. The fraction of sp³-hybridized carbons (Fsp3) is 0.375. The predicted octanol–water partition coefficient (Wildman–Crippen LogP) is 4.28. The van der Waals surface area contributed by atoms with Gasteiger partial charge in [-0.15, -0.1) is 11.3 Å². The van der Waals surface area contributed by atoms with E-state index in [1.165, 1.54) is 11.3 Å². The number of carbonyl (C=O) groups is 1. The molecule has 1 saturated carbocycles. The van der Waals surface area contributed by atoms with Gasteiger partial charge in [-0.2, -0.15) is 0 Å². The fourth-order valence-electron chi connectivity index (χ4n) is 2.25. The van der Waals surface area contributed by atoms with Crippen LogP contribution in [0.1, 0.15) is 19.0 Å². The average molecular weight is 382 g/mol. The SMILES string of the molecule is COc1ccc(Br)cc1-c1nc(COC(=O)[C@@H]2C[C@@H]2C)cs1. The summed E-state index contributed by atoms with van der Waals surface area (Å²) < 4.78 is 11.7. The maximum atomic E-state index is 11.7. The minimum Gasteiger partial charge on any atom is -0.496 e. The number of methoxy groups -OCH3 is 1. The van der Waals surface area contributed by atoms with Crippen molar-refractivity contribution in [3.63, 3.8) is 0 Å². The van der Waals surface area contributed by atoms with Gasteiger partial charge in [-0.3, -0.25) is 4.79 Å². The lowest BCUT2D eigenvalue weighted by molar-refractivity contribution is -0.146. The zero-order valence-electron chi connectivity index (χ0n) is 12.3. The third-order valence-corrected chi connectivity index (χ3v) is 5.14. The highest BCUT2D eigenvalue weighted by atomic mass is 79.9. The molecule has 0 radical (unpaired) electrons. The molecule has 3 rings (SSSR count). The Morgan fingerprint density at radius 2 is 2.27 bits per heavy atom. The van der Waals surface area contributed by atoms with Crippen molar-refractivity contribution in [3.8, 4) is 16.3 Å². The highest BCUT2D eigenvalue weighted by Crippen LogP contribution is 2.39. The van der Waals surface area contributed by atoms with Crippen LogP contribution in [-0.4, -0.2) is 18.1 Å². The standard InChI is InChI=1S/C16H16BrNO3S/c1-9-5-12(9)16(19)21-7-11-8-22-15(18-11)13-6-10(17)3-4-14(13)20-2/h3-4,6,8-9,12H,5,7H2,1-2H3/t9-,12+/m0/s1. The molecule has 1 aromatic carbocycles. The first kappa shape index (κ1) is 15.5. The lowest BCUT2D eigenvalue weighted by Crippen LogP contribution is -2.07. The predicted molar refractivity (Wildman–Crippen MR) is 88.9 cm³/mol. The molecule has 0 N–H and O–H groups in total. The minimum atomic E-state index is -0.109. The average Bonchev–Trinajstić information content (AvgIpc) is 3.06. The summed E-state index contributed by atoms with van der Waals surface area (Å²) in [6.45, 7) is 2.29. The number of thiazole rings is 1. The van der Waals surface area contributed by atoms with Crippen molar-refractivity contribution in [3.05, 3.63) is 33.7 Å². The summed E-state index contributed by atoms with van der Waals surface area (Å²) in [5.41, 5.74) is 1.69. The minimum absolute atomic E-state index is 0.0864. The number of nitrogens with zero attached hydrogens (tertiary/aromatic N) is 1. The van der Waals surface area contributed by atoms with Crippen LogP contribution in [0.4, 0.5) is 0 Å². The van der Waals surface area contributed by atoms with Gasteiger partial charge in [0.1, 0.15) is 17.4 Å². The van der Waals surface area contributed by atoms with Crippen LogP contribution >= 0.6 is 27.3 Å². The van der Waals surface area contributed by atoms with Crippen molar-refractivity contribution in [2.45, 2.75) is 20.0 Å². The molecule has 0 aliphatic heterocycles. The van der Waals surface area contributed by atoms with Crippen molar-refractivity contribution in [2.75, 3.05) is 7.11 Å². The first-order valence-electron chi connectivity index (χ1n) is 7.03. The highest BCUT2D eigenvalue weighted by Gasteiger charge is 2.40. The van der Waals surface area contributed by atoms with Crippen LogP contribution in [-0.2, 0) is 16.1 Å². The maximum absolute atomic E-state index is 11.7. The number of esters is 1. The van der Waals surface area contributed by atoms with Gasteiger partial charge in [0.05, 0.1) is 24.3 Å². The molecule has 0 unspecified atom stereocenters. The van der Waals surface area contributed by atoms with Crippen molar-refractivity contribution < 1.29 is 14.3 Å². The summed E-state index contributed by atoms with van der Waals surface area (Å²) in [5.74, 6) is 1.21. The topological polar surface area (TPSA) is 48.4 Å². The zero-order chi connectivity index (χ0) is 15.7. The van der Waals surface area contributed by atoms with E-state index in [0.29, 0.717) is 5.92 Å². The van der Waals surface area contributed by atoms with Crippen LogP contribution in [0.15, 0.2) is 28.1 Å². The van der Waals surface area contributed by atoms with Gasteiger partial charge in [0.25, 0.3) is 0 Å². The van der Waals surface area contributed by atoms with E-state index in [1.807, 2.05) is 23.6 Å². The molecule has 0 amide bonds. The molecule has 2 aromatic rings. The van der Waals surface area contributed by atoms with E-state index < -0.39 is 0 Å². The number of halogens is 1. The summed E-state index contributed by atoms with van der Waals surface area (Å²) in [6.07, 6.45) is 0.941. The van der Waals surface area contributed by atoms with E-state index in [9.17, 15) is 4.79 Å². The van der Waals surface area contributed by atoms with E-state index in [4.69, 9.17) is 9.47 Å². The van der Waals surface area contributed by atoms with Crippen LogP contribution in [0.3, 0.4) is 0 Å². The monoisotopic (exact) mass is 381 g/mol. The molecule has 1 aliphatic rings. The quantitative estimate of drug-likeness (QED) is 0.725. The summed E-state index contributed by atoms with van der Waals surface area (Å²) in [7, 11) is 1.64. The molecule has 1 aromatic heterocycles. The zero-order valence-corrected chi connectivity index (χ0v) is 14.7. The second kappa shape index (κ2) is 6.38. The Labute approximate surface area is 141 Å². The number of carbonyl (C=O) groups excluding carboxylic acids is 1. The van der Waals surface area contributed by atoms with E-state index in [2.05, 4.69) is 27.8 Å². The number of hydrogen-bond donors (Lipinski definition) is 0. The Hall–Kier alpha value is -1.40. The second-order valence-corrected chi connectivity index (χ2v) is 7.19. The normalized spacial score (nSPS) is 19.8. The summed E-state index contributed by atoms with van der Waals surface area (Å²) in [6, 6.07) is 5.80. The Balaban J connectivity index is 1.71. The molecule has 0 saturated heterocycles. The molecular weight excluding hydrogens is 366 g/mol. The van der Waals surface area contributed by atoms with Crippen molar-refractivity contribution in [1.82, 2.24) is 4.98 Å². The summed E-state index contributed by atoms with van der Waals surface area (Å²) in [5, 5.41) is 2.77. The van der Waals surface area contributed by atoms with E-state index in [0.717, 1.165) is 32.9 Å². The summed E-state index contributed by atoms with van der Waals surface area (Å²) in [4.78, 5) is 16.3. The Bertz CT molecular complexity index is 700. The Kier molecular flexibility index (Phi) is 4.49. The van der Waals surface area contributed by atoms with Crippen LogP contribution in [0.2, 0.25) is 0 Å². The smallest absolute Gasteiger partial charge is 0.309 e. The molecule has 0 bridgehead atoms. The van der Waals surface area contributed by atoms with Crippen LogP contribution in [0, 0.1) is 11.8 Å². The van der Waals surface area contributed by atoms with Crippen molar-refractivity contribution >= 4 is 33.2 Å². The van der Waals surface area contributed by atoms with Gasteiger partial charge >= 0.3 is 5.97 Å². The van der Waals surface area contributed by atoms with Gasteiger partial charge < -0.3 is 9.47 Å². The first-order chi connectivity index (χ1) is 10.6. The lowest BCUT2D eigenvalue weighted by Gasteiger charge is -2.06. The first-order valence-corrected chi connectivity index (χ1v) is 8.70. The molecule has 116 valence electrons. The van der Waals surface area contributed by atoms with Gasteiger partial charge in [-0.1, -0.05) is 22.9 Å². The number of benzene rings is 1. The van der Waals surface area contributed by atoms with Gasteiger partial charge in [-0.25, -0.2) is 4.98 Å². The summed E-state index contributed by atoms with van der Waals surface area (Å²) >= 11 is 4.97. The van der Waals surface area contributed by atoms with E-state index in [-0.39, 0.29) is 18.5 Å². The van der Waals surface area contributed by atoms with Gasteiger partial charge in [-0.05, 0) is 30.5 Å². The second-order valence-electron chi connectivity index (χ2n) is 5.42. The molecular formula is C16H16BrNO3S. The number of ether oxygens (including phenoxy) is 2. The van der Waals surface area contributed by atoms with Gasteiger partial charge in [0, 0.05) is 9.85 Å². The molecule has 6 heteroatoms. The van der Waals surface area contributed by atoms with Gasteiger partial charge in [0.15, 0.2) is 0 Å². The molecule has 22 heavy (non-hydrogen) atoms. The van der Waals surface area contributed by atoms with E-state index >= 15 is 0 Å². The Morgan fingerprint density at radius 1 is 1.50 bits per heavy atom. The highest BCUT2D eigenvalue weighted by molar-refractivity contribution is 9.10. The van der Waals surface area contributed by atoms with Crippen LogP contribution in [0.5, 0.6) is 5.75 Å². The molecule has 1 fully saturated rings. The molecule has 0 spiro atoms. The molecule has 4 nitrogen and oxygen atoms in total. The Morgan fingerprint density at radius 3 is 2.95 bits per heavy atom. The van der Waals surface area contributed by atoms with Crippen molar-refractivity contribution in [2.24, 2.45) is 11.8 Å². The fourth-order valence-corrected chi connectivity index (χ4v) is 3.43. The van der Waals surface area contributed by atoms with Crippen LogP contribution in [0.25, 0.3) is 10.6 Å². The number of aromatic nitrogens is 1. The third-order valence-electron chi connectivity index (χ3n) is 3.72. The van der Waals surface area contributed by atoms with Crippen LogP contribution < -0.4 is 4.74 Å². The molecule has 1 heterocycles. The largest absolute Gasteiger partial charge is 0.496 e.